The van der Waals surface area contributed by atoms with Crippen molar-refractivity contribution in [2.45, 2.75) is 26.9 Å². The highest BCUT2D eigenvalue weighted by atomic mass is 15.1. The predicted octanol–water partition coefficient (Wildman–Crippen LogP) is 4.10. The highest BCUT2D eigenvalue weighted by molar-refractivity contribution is 5.75. The van der Waals surface area contributed by atoms with E-state index >= 15 is 0 Å². The van der Waals surface area contributed by atoms with Crippen molar-refractivity contribution in [2.24, 2.45) is 0 Å². The molecule has 5 heteroatoms. The van der Waals surface area contributed by atoms with E-state index in [2.05, 4.69) is 31.9 Å². The second-order valence-electron chi connectivity index (χ2n) is 5.57. The minimum Gasteiger partial charge on any atom is -0.341 e. The smallest absolute Gasteiger partial charge is 0.121 e. The number of para-hydroxylation sites is 4. The van der Waals surface area contributed by atoms with Gasteiger partial charge in [-0.25, -0.2) is 9.97 Å². The Balaban J connectivity index is 0.000000815. The van der Waals surface area contributed by atoms with Crippen LogP contribution < -0.4 is 0 Å². The second kappa shape index (κ2) is 7.27. The molecule has 0 aliphatic heterocycles. The van der Waals surface area contributed by atoms with Crippen LogP contribution >= 0.6 is 0 Å². The quantitative estimate of drug-likeness (QED) is 0.595. The maximum Gasteiger partial charge on any atom is 0.121 e. The molecule has 0 unspecified atom stereocenters. The number of nitrogens with one attached hydrogen (secondary N) is 2. The van der Waals surface area contributed by atoms with Crippen molar-refractivity contribution in [3.05, 3.63) is 60.2 Å². The molecule has 5 nitrogen and oxygen atoms in total. The summed E-state index contributed by atoms with van der Waals surface area (Å²) >= 11 is 0. The van der Waals surface area contributed by atoms with E-state index in [-0.39, 0.29) is 0 Å². The van der Waals surface area contributed by atoms with Crippen LogP contribution in [0.3, 0.4) is 0 Å². The third-order valence-corrected chi connectivity index (χ3v) is 3.72. The lowest BCUT2D eigenvalue weighted by Crippen LogP contribution is -2.18. The van der Waals surface area contributed by atoms with Crippen molar-refractivity contribution in [1.29, 1.82) is 0 Å². The van der Waals surface area contributed by atoms with E-state index < -0.39 is 0 Å². The van der Waals surface area contributed by atoms with Gasteiger partial charge in [-0.15, -0.1) is 0 Å². The average molecular weight is 321 g/mol. The summed E-state index contributed by atoms with van der Waals surface area (Å²) in [6.45, 7) is 5.51. The first-order valence-electron chi connectivity index (χ1n) is 8.34. The van der Waals surface area contributed by atoms with E-state index in [0.29, 0.717) is 0 Å². The number of H-pyrrole nitrogens is 2. The Bertz CT molecular complexity index is 779. The molecule has 2 heterocycles. The van der Waals surface area contributed by atoms with Crippen LogP contribution in [0.4, 0.5) is 0 Å². The van der Waals surface area contributed by atoms with E-state index in [4.69, 9.17) is 0 Å². The molecule has 0 spiro atoms. The molecule has 4 rings (SSSR count). The lowest BCUT2D eigenvalue weighted by Gasteiger charge is -2.12. The third-order valence-electron chi connectivity index (χ3n) is 3.72. The number of benzene rings is 2. The van der Waals surface area contributed by atoms with Gasteiger partial charge in [0.05, 0.1) is 35.2 Å². The van der Waals surface area contributed by atoms with Crippen LogP contribution in [0.15, 0.2) is 48.5 Å². The van der Waals surface area contributed by atoms with E-state index in [1.165, 1.54) is 0 Å². The topological polar surface area (TPSA) is 60.6 Å². The summed E-state index contributed by atoms with van der Waals surface area (Å²) in [5.41, 5.74) is 4.17. The summed E-state index contributed by atoms with van der Waals surface area (Å²) in [4.78, 5) is 18.1. The predicted molar refractivity (Wildman–Crippen MR) is 98.7 cm³/mol. The third kappa shape index (κ3) is 3.46. The Kier molecular flexibility index (Phi) is 4.91. The summed E-state index contributed by atoms with van der Waals surface area (Å²) in [6.07, 6.45) is 0. The van der Waals surface area contributed by atoms with E-state index in [1.54, 1.807) is 0 Å². The van der Waals surface area contributed by atoms with Gasteiger partial charge in [-0.3, -0.25) is 4.90 Å². The van der Waals surface area contributed by atoms with Crippen molar-refractivity contribution < 1.29 is 0 Å². The number of aromatic nitrogens is 4. The normalized spacial score (nSPS) is 11.0. The molecule has 4 aromatic rings. The molecule has 0 fully saturated rings. The van der Waals surface area contributed by atoms with E-state index in [9.17, 15) is 0 Å². The molecule has 0 bridgehead atoms. The van der Waals surface area contributed by atoms with Gasteiger partial charge in [-0.2, -0.15) is 0 Å². The highest BCUT2D eigenvalue weighted by Gasteiger charge is 2.09. The van der Waals surface area contributed by atoms with E-state index in [0.717, 1.165) is 46.8 Å². The highest BCUT2D eigenvalue weighted by Crippen LogP contribution is 2.14. The summed E-state index contributed by atoms with van der Waals surface area (Å²) in [7, 11) is 2.07. The van der Waals surface area contributed by atoms with Crippen molar-refractivity contribution in [3.63, 3.8) is 0 Å². The van der Waals surface area contributed by atoms with Gasteiger partial charge in [-0.05, 0) is 31.3 Å². The lowest BCUT2D eigenvalue weighted by molar-refractivity contribution is 0.305. The van der Waals surface area contributed by atoms with Crippen molar-refractivity contribution in [2.75, 3.05) is 7.05 Å². The van der Waals surface area contributed by atoms with Gasteiger partial charge >= 0.3 is 0 Å². The van der Waals surface area contributed by atoms with Crippen LogP contribution in [-0.4, -0.2) is 31.9 Å². The summed E-state index contributed by atoms with van der Waals surface area (Å²) in [5.74, 6) is 1.94. The minimum absolute atomic E-state index is 0.756. The number of nitrogens with zero attached hydrogens (tertiary/aromatic N) is 3. The fourth-order valence-electron chi connectivity index (χ4n) is 2.73. The number of imidazole rings is 2. The number of hydrogen-bond acceptors (Lipinski definition) is 3. The van der Waals surface area contributed by atoms with Gasteiger partial charge < -0.3 is 9.97 Å². The van der Waals surface area contributed by atoms with Gasteiger partial charge in [0.2, 0.25) is 0 Å². The largest absolute Gasteiger partial charge is 0.341 e. The Labute approximate surface area is 141 Å². The molecule has 0 atom stereocenters. The second-order valence-corrected chi connectivity index (χ2v) is 5.57. The molecule has 0 saturated heterocycles. The molecular weight excluding hydrogens is 298 g/mol. The Hall–Kier alpha value is -2.66. The van der Waals surface area contributed by atoms with Crippen LogP contribution in [0.1, 0.15) is 25.5 Å². The van der Waals surface area contributed by atoms with Gasteiger partial charge in [0.25, 0.3) is 0 Å². The molecule has 2 aromatic carbocycles. The van der Waals surface area contributed by atoms with Crippen LogP contribution in [0.5, 0.6) is 0 Å². The Morgan fingerprint density at radius 1 is 0.750 bits per heavy atom. The number of rotatable bonds is 4. The maximum absolute atomic E-state index is 4.61. The summed E-state index contributed by atoms with van der Waals surface area (Å²) < 4.78 is 0. The fourth-order valence-corrected chi connectivity index (χ4v) is 2.73. The van der Waals surface area contributed by atoms with Crippen molar-refractivity contribution in [1.82, 2.24) is 24.8 Å². The maximum atomic E-state index is 4.61. The van der Waals surface area contributed by atoms with E-state index in [1.807, 2.05) is 62.4 Å². The first-order valence-corrected chi connectivity index (χ1v) is 8.34. The van der Waals surface area contributed by atoms with Gasteiger partial charge in [0, 0.05) is 0 Å². The monoisotopic (exact) mass is 321 g/mol. The molecule has 0 aliphatic rings. The molecule has 0 saturated carbocycles. The minimum atomic E-state index is 0.756. The zero-order valence-electron chi connectivity index (χ0n) is 14.4. The average Bonchev–Trinajstić information content (AvgIpc) is 3.18. The molecule has 2 aromatic heterocycles. The first kappa shape index (κ1) is 16.2. The van der Waals surface area contributed by atoms with Crippen LogP contribution in [0, 0.1) is 0 Å². The zero-order valence-corrected chi connectivity index (χ0v) is 14.4. The Morgan fingerprint density at radius 3 is 1.58 bits per heavy atom. The Morgan fingerprint density at radius 2 is 1.17 bits per heavy atom. The zero-order chi connectivity index (χ0) is 16.9. The molecule has 124 valence electrons. The summed E-state index contributed by atoms with van der Waals surface area (Å²) in [6, 6.07) is 16.2. The number of fused-ring (bicyclic) bond motifs is 2. The van der Waals surface area contributed by atoms with Gasteiger partial charge in [0.15, 0.2) is 0 Å². The first-order chi connectivity index (χ1) is 11.8. The molecule has 0 radical (unpaired) electrons. The summed E-state index contributed by atoms with van der Waals surface area (Å²) in [5, 5.41) is 0. The van der Waals surface area contributed by atoms with Crippen molar-refractivity contribution in [3.8, 4) is 0 Å². The molecular formula is C19H23N5. The van der Waals surface area contributed by atoms with Crippen molar-refractivity contribution >= 4 is 22.1 Å². The van der Waals surface area contributed by atoms with Gasteiger partial charge in [-0.1, -0.05) is 38.1 Å². The number of hydrogen-bond donors (Lipinski definition) is 2. The molecule has 2 N–H and O–H groups in total. The van der Waals surface area contributed by atoms with Gasteiger partial charge in [0.1, 0.15) is 11.6 Å². The molecule has 0 amide bonds. The van der Waals surface area contributed by atoms with Crippen LogP contribution in [0.2, 0.25) is 0 Å². The fraction of sp³-hybridized carbons (Fsp3) is 0.263. The SMILES string of the molecule is CC.CN(Cc1nc2ccccc2[nH]1)Cc1nc2ccccc2[nH]1. The number of aromatic amines is 2. The van der Waals surface area contributed by atoms with Crippen LogP contribution in [0.25, 0.3) is 22.1 Å². The lowest BCUT2D eigenvalue weighted by atomic mass is 10.3. The standard InChI is InChI=1S/C17H17N5.C2H6/c1-22(10-16-18-12-6-2-3-7-13(12)19-16)11-17-20-14-8-4-5-9-15(14)21-17;1-2/h2-9H,10-11H2,1H3,(H,18,19)(H,20,21);1-2H3. The molecule has 24 heavy (non-hydrogen) atoms. The molecule has 0 aliphatic carbocycles. The van der Waals surface area contributed by atoms with Crippen LogP contribution in [-0.2, 0) is 13.1 Å².